The van der Waals surface area contributed by atoms with Crippen LogP contribution in [0.4, 0.5) is 10.8 Å². The lowest BCUT2D eigenvalue weighted by Crippen LogP contribution is -2.20. The lowest BCUT2D eigenvalue weighted by Gasteiger charge is -2.08. The zero-order chi connectivity index (χ0) is 17.8. The average molecular weight is 421 g/mol. The average Bonchev–Trinajstić information content (AvgIpc) is 3.04. The molecule has 25 heavy (non-hydrogen) atoms. The molecule has 3 aromatic rings. The first kappa shape index (κ1) is 17.7. The fourth-order valence-electron chi connectivity index (χ4n) is 2.29. The lowest BCUT2D eigenvalue weighted by molar-refractivity contribution is -0.118. The summed E-state index contributed by atoms with van der Waals surface area (Å²) in [5, 5.41) is 3.44. The Bertz CT molecular complexity index is 896. The fourth-order valence-corrected chi connectivity index (χ4v) is 3.81. The van der Waals surface area contributed by atoms with E-state index in [-0.39, 0.29) is 12.5 Å². The molecule has 0 unspecified atom stereocenters. The molecule has 3 rings (SSSR count). The fraction of sp³-hybridized carbons (Fsp3) is 0.176. The first-order valence-corrected chi connectivity index (χ1v) is 9.28. The number of halogens is 1. The van der Waals surface area contributed by atoms with E-state index in [0.717, 1.165) is 21.1 Å². The third kappa shape index (κ3) is 4.28. The quantitative estimate of drug-likeness (QED) is 0.415. The molecule has 1 aromatic heterocycles. The molecular formula is C17H17BrN4O2S. The number of carbonyl (C=O) groups excluding carboxylic acids is 1. The predicted molar refractivity (Wildman–Crippen MR) is 105 cm³/mol. The van der Waals surface area contributed by atoms with Crippen molar-refractivity contribution < 1.29 is 9.53 Å². The van der Waals surface area contributed by atoms with Crippen LogP contribution >= 0.6 is 27.3 Å². The van der Waals surface area contributed by atoms with E-state index >= 15 is 0 Å². The van der Waals surface area contributed by atoms with Crippen molar-refractivity contribution in [3.63, 3.8) is 0 Å². The molecule has 1 amide bonds. The maximum absolute atomic E-state index is 12.1. The molecule has 2 aromatic carbocycles. The number of hydrogen-bond acceptors (Lipinski definition) is 6. The van der Waals surface area contributed by atoms with Gasteiger partial charge in [-0.2, -0.15) is 0 Å². The minimum atomic E-state index is -0.229. The van der Waals surface area contributed by atoms with Crippen LogP contribution in [0.5, 0.6) is 5.75 Å². The molecule has 6 nitrogen and oxygen atoms in total. The number of nitrogens with two attached hydrogens (primary N) is 1. The Morgan fingerprint density at radius 2 is 2.08 bits per heavy atom. The van der Waals surface area contributed by atoms with Gasteiger partial charge >= 0.3 is 0 Å². The van der Waals surface area contributed by atoms with Gasteiger partial charge in [-0.05, 0) is 52.2 Å². The summed E-state index contributed by atoms with van der Waals surface area (Å²) in [4.78, 5) is 16.5. The number of nitrogen functional groups attached to an aromatic ring is 1. The molecule has 0 bridgehead atoms. The maximum atomic E-state index is 12.1. The summed E-state index contributed by atoms with van der Waals surface area (Å²) in [6, 6.07) is 11.4. The van der Waals surface area contributed by atoms with Crippen molar-refractivity contribution in [1.82, 2.24) is 4.98 Å². The van der Waals surface area contributed by atoms with Gasteiger partial charge in [0, 0.05) is 10.2 Å². The van der Waals surface area contributed by atoms with Crippen molar-refractivity contribution in [3.8, 4) is 5.75 Å². The Morgan fingerprint density at radius 1 is 1.32 bits per heavy atom. The number of carbonyl (C=O) groups is 1. The van der Waals surface area contributed by atoms with Crippen molar-refractivity contribution in [2.24, 2.45) is 5.84 Å². The highest BCUT2D eigenvalue weighted by molar-refractivity contribution is 9.10. The van der Waals surface area contributed by atoms with E-state index in [4.69, 9.17) is 10.6 Å². The summed E-state index contributed by atoms with van der Waals surface area (Å²) in [7, 11) is 0. The number of amides is 1. The highest BCUT2D eigenvalue weighted by Crippen LogP contribution is 2.33. The van der Waals surface area contributed by atoms with Crippen molar-refractivity contribution in [2.45, 2.75) is 13.3 Å². The topological polar surface area (TPSA) is 89.3 Å². The highest BCUT2D eigenvalue weighted by Gasteiger charge is 2.10. The minimum absolute atomic E-state index is 0.0561. The normalized spacial score (nSPS) is 10.7. The molecule has 0 saturated carbocycles. The Morgan fingerprint density at radius 3 is 2.76 bits per heavy atom. The molecule has 1 heterocycles. The molecule has 0 fully saturated rings. The van der Waals surface area contributed by atoms with Gasteiger partial charge in [0.2, 0.25) is 0 Å². The number of benzene rings is 2. The zero-order valence-corrected chi connectivity index (χ0v) is 15.9. The number of anilines is 2. The van der Waals surface area contributed by atoms with E-state index in [1.165, 1.54) is 16.9 Å². The van der Waals surface area contributed by atoms with Gasteiger partial charge in [-0.15, -0.1) is 0 Å². The van der Waals surface area contributed by atoms with Crippen LogP contribution in [0.25, 0.3) is 10.2 Å². The summed E-state index contributed by atoms with van der Waals surface area (Å²) in [6.45, 7) is 2.04. The Kier molecular flexibility index (Phi) is 5.52. The first-order valence-electron chi connectivity index (χ1n) is 7.67. The third-order valence-electron chi connectivity index (χ3n) is 3.56. The van der Waals surface area contributed by atoms with Crippen LogP contribution in [0.3, 0.4) is 0 Å². The van der Waals surface area contributed by atoms with Gasteiger partial charge < -0.3 is 10.1 Å². The molecule has 0 aliphatic rings. The Balaban J connectivity index is 1.64. The molecule has 0 spiro atoms. The largest absolute Gasteiger partial charge is 0.484 e. The Labute approximate surface area is 157 Å². The van der Waals surface area contributed by atoms with Gasteiger partial charge in [-0.3, -0.25) is 10.2 Å². The number of hydrogen-bond donors (Lipinski definition) is 3. The van der Waals surface area contributed by atoms with Gasteiger partial charge in [0.1, 0.15) is 5.75 Å². The van der Waals surface area contributed by atoms with Crippen LogP contribution in [0.2, 0.25) is 0 Å². The van der Waals surface area contributed by atoms with Gasteiger partial charge in [0.25, 0.3) is 5.91 Å². The number of nitrogens with zero attached hydrogens (tertiary/aromatic N) is 1. The van der Waals surface area contributed by atoms with Crippen molar-refractivity contribution in [2.75, 3.05) is 17.3 Å². The van der Waals surface area contributed by atoms with Crippen LogP contribution < -0.4 is 21.3 Å². The molecule has 0 aliphatic heterocycles. The zero-order valence-electron chi connectivity index (χ0n) is 13.5. The third-order valence-corrected chi connectivity index (χ3v) is 5.10. The molecule has 0 atom stereocenters. The van der Waals surface area contributed by atoms with Crippen molar-refractivity contribution in [1.29, 1.82) is 0 Å². The van der Waals surface area contributed by atoms with E-state index in [2.05, 4.69) is 38.6 Å². The second-order valence-corrected chi connectivity index (χ2v) is 7.19. The minimum Gasteiger partial charge on any atom is -0.484 e. The number of fused-ring (bicyclic) bond motifs is 1. The molecule has 8 heteroatoms. The van der Waals surface area contributed by atoms with Crippen molar-refractivity contribution >= 4 is 54.2 Å². The number of ether oxygens (including phenoxy) is 1. The number of aryl methyl sites for hydroxylation is 1. The van der Waals surface area contributed by atoms with E-state index < -0.39 is 0 Å². The van der Waals surface area contributed by atoms with Crippen LogP contribution in [0.1, 0.15) is 12.5 Å². The van der Waals surface area contributed by atoms with E-state index in [9.17, 15) is 4.79 Å². The van der Waals surface area contributed by atoms with Crippen LogP contribution in [-0.4, -0.2) is 17.5 Å². The monoisotopic (exact) mass is 420 g/mol. The van der Waals surface area contributed by atoms with Gasteiger partial charge in [-0.25, -0.2) is 10.8 Å². The summed E-state index contributed by atoms with van der Waals surface area (Å²) in [5.74, 6) is 5.83. The molecule has 0 radical (unpaired) electrons. The number of nitrogens with one attached hydrogen (secondary N) is 2. The number of rotatable bonds is 6. The smallest absolute Gasteiger partial charge is 0.262 e. The van der Waals surface area contributed by atoms with Crippen LogP contribution in [0.15, 0.2) is 40.9 Å². The van der Waals surface area contributed by atoms with Gasteiger partial charge in [-0.1, -0.05) is 30.4 Å². The number of aromatic nitrogens is 1. The van der Waals surface area contributed by atoms with E-state index in [1.54, 1.807) is 6.07 Å². The maximum Gasteiger partial charge on any atom is 0.262 e. The lowest BCUT2D eigenvalue weighted by atomic mass is 10.2. The first-order chi connectivity index (χ1) is 12.1. The molecule has 0 aliphatic carbocycles. The molecule has 4 N–H and O–H groups in total. The number of hydrazine groups is 1. The molecular weight excluding hydrogens is 404 g/mol. The standard InChI is InChI=1S/C17H17BrN4O2S/c1-2-10-3-5-12(6-4-10)24-9-15(23)20-11-7-13(18)16-14(8-11)25-17(21-16)22-19/h3-8H,2,9,19H2,1H3,(H,20,23)(H,21,22). The highest BCUT2D eigenvalue weighted by atomic mass is 79.9. The van der Waals surface area contributed by atoms with Crippen LogP contribution in [-0.2, 0) is 11.2 Å². The molecule has 0 saturated heterocycles. The summed E-state index contributed by atoms with van der Waals surface area (Å²) in [5.41, 5.74) is 5.22. The van der Waals surface area contributed by atoms with Crippen LogP contribution in [0, 0.1) is 0 Å². The van der Waals surface area contributed by atoms with Gasteiger partial charge in [0.15, 0.2) is 11.7 Å². The van der Waals surface area contributed by atoms with E-state index in [0.29, 0.717) is 16.6 Å². The van der Waals surface area contributed by atoms with E-state index in [1.807, 2.05) is 30.3 Å². The van der Waals surface area contributed by atoms with Crippen molar-refractivity contribution in [3.05, 3.63) is 46.4 Å². The van der Waals surface area contributed by atoms with Gasteiger partial charge in [0.05, 0.1) is 10.2 Å². The Hall–Kier alpha value is -2.16. The second-order valence-electron chi connectivity index (χ2n) is 5.30. The second kappa shape index (κ2) is 7.81. The molecule has 130 valence electrons. The summed E-state index contributed by atoms with van der Waals surface area (Å²) >= 11 is 4.87. The summed E-state index contributed by atoms with van der Waals surface area (Å²) in [6.07, 6.45) is 0.969. The predicted octanol–water partition coefficient (Wildman–Crippen LogP) is 3.92. The number of thiazole rings is 1. The SMILES string of the molecule is CCc1ccc(OCC(=O)Nc2cc(Br)c3nc(NN)sc3c2)cc1. The summed E-state index contributed by atoms with van der Waals surface area (Å²) < 4.78 is 7.22.